The smallest absolute Gasteiger partial charge is 0.282 e. The van der Waals surface area contributed by atoms with Crippen molar-refractivity contribution in [3.63, 3.8) is 0 Å². The molecule has 9 nitrogen and oxygen atoms in total. The summed E-state index contributed by atoms with van der Waals surface area (Å²) < 4.78 is 86.7. The molecule has 3 aromatic rings. The first-order chi connectivity index (χ1) is 21.5. The minimum Gasteiger partial charge on any atom is -0.323 e. The fourth-order valence-electron chi connectivity index (χ4n) is 6.10. The van der Waals surface area contributed by atoms with Gasteiger partial charge in [0.1, 0.15) is 23.3 Å². The number of carbonyl (C=O) groups excluding carboxylic acids is 1. The minimum atomic E-state index is -3.61. The number of anilines is 1. The number of pyridine rings is 1. The molecule has 45 heavy (non-hydrogen) atoms. The maximum atomic E-state index is 15.1. The van der Waals surface area contributed by atoms with Gasteiger partial charge in [-0.25, -0.2) is 17.6 Å². The van der Waals surface area contributed by atoms with Crippen molar-refractivity contribution in [2.45, 2.75) is 50.1 Å². The molecule has 5 rings (SSSR count). The molecule has 2 aliphatic rings. The molecule has 2 aromatic carbocycles. The SMILES string of the molecule is N[C@H](C(=O)Nc1cncc(F)c1CCC[C@H]1CNCCN1S(=O)(=O)N1CCCC1)[C@@H](c1ccc(F)cc1)c1cc(F)cc(F)c1. The molecule has 0 radical (unpaired) electrons. The molecular formula is C31H36F4N6O3S. The number of hydrogen-bond donors (Lipinski definition) is 3. The van der Waals surface area contributed by atoms with Gasteiger partial charge in [-0.1, -0.05) is 12.1 Å². The van der Waals surface area contributed by atoms with E-state index in [4.69, 9.17) is 5.73 Å². The lowest BCUT2D eigenvalue weighted by Gasteiger charge is -2.37. The Bertz CT molecular complexity index is 1590. The van der Waals surface area contributed by atoms with Crippen LogP contribution < -0.4 is 16.4 Å². The summed E-state index contributed by atoms with van der Waals surface area (Å²) >= 11 is 0. The minimum absolute atomic E-state index is 0.0638. The van der Waals surface area contributed by atoms with Crippen LogP contribution in [0.15, 0.2) is 54.9 Å². The van der Waals surface area contributed by atoms with Crippen LogP contribution in [0.3, 0.4) is 0 Å². The molecule has 0 aliphatic carbocycles. The molecular weight excluding hydrogens is 612 g/mol. The highest BCUT2D eigenvalue weighted by atomic mass is 32.2. The molecule has 4 N–H and O–H groups in total. The fraction of sp³-hybridized carbons (Fsp3) is 0.419. The molecule has 2 aliphatic heterocycles. The molecule has 242 valence electrons. The van der Waals surface area contributed by atoms with Crippen LogP contribution in [0.5, 0.6) is 0 Å². The zero-order chi connectivity index (χ0) is 32.1. The molecule has 2 fully saturated rings. The lowest BCUT2D eigenvalue weighted by atomic mass is 9.84. The number of nitrogens with two attached hydrogens (primary N) is 1. The Kier molecular flexibility index (Phi) is 10.5. The summed E-state index contributed by atoms with van der Waals surface area (Å²) in [4.78, 5) is 17.3. The van der Waals surface area contributed by atoms with Crippen LogP contribution in [0, 0.1) is 23.3 Å². The third-order valence-electron chi connectivity index (χ3n) is 8.35. The molecule has 2 saturated heterocycles. The maximum absolute atomic E-state index is 15.1. The van der Waals surface area contributed by atoms with E-state index in [1.165, 1.54) is 26.9 Å². The lowest BCUT2D eigenvalue weighted by Crippen LogP contribution is -2.56. The Morgan fingerprint density at radius 3 is 2.36 bits per heavy atom. The molecule has 0 unspecified atom stereocenters. The topological polar surface area (TPSA) is 121 Å². The third-order valence-corrected chi connectivity index (χ3v) is 10.4. The van der Waals surface area contributed by atoms with E-state index in [1.54, 1.807) is 0 Å². The average molecular weight is 649 g/mol. The summed E-state index contributed by atoms with van der Waals surface area (Å²) in [6.07, 6.45) is 5.00. The third kappa shape index (κ3) is 7.69. The van der Waals surface area contributed by atoms with Crippen LogP contribution in [-0.2, 0) is 21.4 Å². The summed E-state index contributed by atoms with van der Waals surface area (Å²) in [5.41, 5.74) is 7.01. The molecule has 1 aromatic heterocycles. The number of nitrogens with one attached hydrogen (secondary N) is 2. The van der Waals surface area contributed by atoms with Crippen molar-refractivity contribution >= 4 is 21.8 Å². The predicted molar refractivity (Wildman–Crippen MR) is 161 cm³/mol. The van der Waals surface area contributed by atoms with Crippen molar-refractivity contribution in [1.82, 2.24) is 18.9 Å². The average Bonchev–Trinajstić information content (AvgIpc) is 3.56. The van der Waals surface area contributed by atoms with E-state index in [1.807, 2.05) is 0 Å². The number of nitrogens with zero attached hydrogens (tertiary/aromatic N) is 3. The zero-order valence-electron chi connectivity index (χ0n) is 24.6. The Morgan fingerprint density at radius 1 is 0.978 bits per heavy atom. The van der Waals surface area contributed by atoms with Gasteiger partial charge in [-0.05, 0) is 67.5 Å². The normalized spacial score (nSPS) is 19.4. The second kappa shape index (κ2) is 14.3. The summed E-state index contributed by atoms with van der Waals surface area (Å²) in [5, 5.41) is 5.85. The van der Waals surface area contributed by atoms with Crippen molar-refractivity contribution in [2.24, 2.45) is 5.73 Å². The summed E-state index contributed by atoms with van der Waals surface area (Å²) in [7, 11) is -3.61. The number of halogens is 4. The van der Waals surface area contributed by atoms with Gasteiger partial charge in [-0.15, -0.1) is 0 Å². The first-order valence-corrected chi connectivity index (χ1v) is 16.3. The van der Waals surface area contributed by atoms with Gasteiger partial charge >= 0.3 is 0 Å². The second-order valence-electron chi connectivity index (χ2n) is 11.4. The van der Waals surface area contributed by atoms with Gasteiger partial charge in [-0.3, -0.25) is 9.78 Å². The highest BCUT2D eigenvalue weighted by Gasteiger charge is 2.37. The Balaban J connectivity index is 1.31. The summed E-state index contributed by atoms with van der Waals surface area (Å²) in [6.45, 7) is 2.36. The van der Waals surface area contributed by atoms with Crippen LogP contribution >= 0.6 is 0 Å². The Morgan fingerprint density at radius 2 is 1.67 bits per heavy atom. The van der Waals surface area contributed by atoms with Crippen molar-refractivity contribution in [1.29, 1.82) is 0 Å². The lowest BCUT2D eigenvalue weighted by molar-refractivity contribution is -0.117. The van der Waals surface area contributed by atoms with Crippen LogP contribution in [0.1, 0.15) is 48.3 Å². The van der Waals surface area contributed by atoms with Crippen molar-refractivity contribution in [3.05, 3.63) is 94.8 Å². The van der Waals surface area contributed by atoms with Crippen LogP contribution in [0.2, 0.25) is 0 Å². The van der Waals surface area contributed by atoms with E-state index in [-0.39, 0.29) is 29.3 Å². The number of piperazine rings is 1. The molecule has 0 saturated carbocycles. The zero-order valence-corrected chi connectivity index (χ0v) is 25.4. The van der Waals surface area contributed by atoms with Crippen molar-refractivity contribution in [2.75, 3.05) is 38.0 Å². The first-order valence-electron chi connectivity index (χ1n) is 14.9. The van der Waals surface area contributed by atoms with E-state index in [2.05, 4.69) is 15.6 Å². The Hall–Kier alpha value is -3.43. The van der Waals surface area contributed by atoms with Crippen LogP contribution in [-0.4, -0.2) is 72.7 Å². The van der Waals surface area contributed by atoms with E-state index >= 15 is 4.39 Å². The van der Waals surface area contributed by atoms with Crippen molar-refractivity contribution < 1.29 is 30.8 Å². The number of hydrogen-bond acceptors (Lipinski definition) is 6. The molecule has 3 heterocycles. The van der Waals surface area contributed by atoms with Gasteiger partial charge in [0.15, 0.2) is 0 Å². The number of benzene rings is 2. The van der Waals surface area contributed by atoms with E-state index in [0.717, 1.165) is 43.3 Å². The van der Waals surface area contributed by atoms with Gasteiger partial charge in [-0.2, -0.15) is 17.0 Å². The first kappa shape index (κ1) is 32.9. The van der Waals surface area contributed by atoms with Gasteiger partial charge in [0.25, 0.3) is 10.2 Å². The van der Waals surface area contributed by atoms with E-state index in [0.29, 0.717) is 57.2 Å². The molecule has 14 heteroatoms. The van der Waals surface area contributed by atoms with E-state index < -0.39 is 51.3 Å². The maximum Gasteiger partial charge on any atom is 0.282 e. The van der Waals surface area contributed by atoms with Crippen LogP contribution in [0.4, 0.5) is 23.2 Å². The number of rotatable bonds is 11. The van der Waals surface area contributed by atoms with Crippen molar-refractivity contribution in [3.8, 4) is 0 Å². The molecule has 0 spiro atoms. The number of amides is 1. The van der Waals surface area contributed by atoms with E-state index in [9.17, 15) is 26.4 Å². The standard InChI is InChI=1S/C31H36F4N6O3S/c32-22-8-6-20(7-9-22)29(21-14-23(33)16-24(34)15-21)30(36)31(42)39-28-19-38-18-27(35)26(28)5-3-4-25-17-37-10-13-41(25)45(43,44)40-11-1-2-12-40/h6-9,14-16,18-19,25,29-30,37H,1-5,10-13,17,36H2,(H,39,42)/t25-,29-,30-/m0/s1. The van der Waals surface area contributed by atoms with Gasteiger partial charge < -0.3 is 16.4 Å². The van der Waals surface area contributed by atoms with Gasteiger partial charge in [0.2, 0.25) is 5.91 Å². The predicted octanol–water partition coefficient (Wildman–Crippen LogP) is 3.67. The monoisotopic (exact) mass is 648 g/mol. The number of carbonyl (C=O) groups is 1. The molecule has 1 amide bonds. The van der Waals surface area contributed by atoms with Crippen LogP contribution in [0.25, 0.3) is 0 Å². The highest BCUT2D eigenvalue weighted by Crippen LogP contribution is 2.31. The second-order valence-corrected chi connectivity index (χ2v) is 13.3. The number of aromatic nitrogens is 1. The molecule has 0 bridgehead atoms. The summed E-state index contributed by atoms with van der Waals surface area (Å²) in [6, 6.07) is 6.10. The fourth-order valence-corrected chi connectivity index (χ4v) is 7.99. The largest absolute Gasteiger partial charge is 0.323 e. The van der Waals surface area contributed by atoms with Gasteiger partial charge in [0, 0.05) is 56.3 Å². The quantitative estimate of drug-likeness (QED) is 0.273. The summed E-state index contributed by atoms with van der Waals surface area (Å²) in [5.74, 6) is -4.79. The highest BCUT2D eigenvalue weighted by molar-refractivity contribution is 7.86. The molecule has 3 atom stereocenters. The van der Waals surface area contributed by atoms with Gasteiger partial charge in [0.05, 0.1) is 24.1 Å². The Labute approximate surface area is 260 Å².